The van der Waals surface area contributed by atoms with E-state index in [2.05, 4.69) is 13.8 Å². The molecule has 1 aromatic rings. The monoisotopic (exact) mass is 420 g/mol. The molecule has 0 aromatic heterocycles. The average Bonchev–Trinajstić information content (AvgIpc) is 3.11. The van der Waals surface area contributed by atoms with Crippen LogP contribution >= 0.6 is 0 Å². The van der Waals surface area contributed by atoms with Crippen LogP contribution < -0.4 is 0 Å². The van der Waals surface area contributed by atoms with E-state index in [0.717, 1.165) is 44.1 Å². The van der Waals surface area contributed by atoms with Gasteiger partial charge in [0.05, 0.1) is 0 Å². The van der Waals surface area contributed by atoms with Crippen molar-refractivity contribution in [1.29, 1.82) is 0 Å². The molecular formula is C28H36O3. The molecule has 31 heavy (non-hydrogen) atoms. The van der Waals surface area contributed by atoms with Crippen molar-refractivity contribution < 1.29 is 14.4 Å². The molecule has 0 amide bonds. The molecule has 0 N–H and O–H groups in total. The van der Waals surface area contributed by atoms with Gasteiger partial charge in [0.1, 0.15) is 11.6 Å². The lowest BCUT2D eigenvalue weighted by atomic mass is 9.42. The maximum absolute atomic E-state index is 13.9. The van der Waals surface area contributed by atoms with Crippen molar-refractivity contribution in [3.05, 3.63) is 35.9 Å². The van der Waals surface area contributed by atoms with Crippen LogP contribution in [0.2, 0.25) is 0 Å². The summed E-state index contributed by atoms with van der Waals surface area (Å²) in [6.07, 6.45) is 7.40. The molecule has 4 aliphatic carbocycles. The van der Waals surface area contributed by atoms with E-state index >= 15 is 0 Å². The molecule has 3 nitrogen and oxygen atoms in total. The molecule has 0 radical (unpaired) electrons. The number of hydrogen-bond donors (Lipinski definition) is 0. The Morgan fingerprint density at radius 1 is 0.935 bits per heavy atom. The Labute approximate surface area is 186 Å². The fourth-order valence-electron chi connectivity index (χ4n) is 8.82. The second-order valence-corrected chi connectivity index (χ2v) is 11.6. The first-order valence-electron chi connectivity index (χ1n) is 12.4. The summed E-state index contributed by atoms with van der Waals surface area (Å²) in [5.74, 6) is 2.69. The summed E-state index contributed by atoms with van der Waals surface area (Å²) in [6.45, 7) is 6.53. The Morgan fingerprint density at radius 2 is 1.65 bits per heavy atom. The first kappa shape index (κ1) is 21.1. The summed E-state index contributed by atoms with van der Waals surface area (Å²) in [4.78, 5) is 38.8. The molecule has 4 fully saturated rings. The zero-order valence-corrected chi connectivity index (χ0v) is 19.2. The van der Waals surface area contributed by atoms with Crippen LogP contribution in [0.1, 0.15) is 82.5 Å². The standard InChI is InChI=1S/C28H36O3/c1-17(29)22-9-10-23-25-21(26(31)18-7-5-4-6-8-18)16-19-15-20(30)11-13-27(19,2)24(25)12-14-28(22,23)3/h4-8,19,21-25H,9-16H2,1-3H3/t19-,21+,22+,23-,24-,25-,27-,28+/m0/s1. The quantitative estimate of drug-likeness (QED) is 0.571. The van der Waals surface area contributed by atoms with Gasteiger partial charge in [-0.05, 0) is 80.0 Å². The van der Waals surface area contributed by atoms with Gasteiger partial charge in [-0.25, -0.2) is 0 Å². The van der Waals surface area contributed by atoms with Crippen LogP contribution in [0.4, 0.5) is 0 Å². The lowest BCUT2D eigenvalue weighted by Gasteiger charge is -2.62. The predicted molar refractivity (Wildman–Crippen MR) is 121 cm³/mol. The predicted octanol–water partition coefficient (Wildman–Crippen LogP) is 5.91. The van der Waals surface area contributed by atoms with Crippen LogP contribution in [-0.2, 0) is 9.59 Å². The third kappa shape index (κ3) is 3.09. The van der Waals surface area contributed by atoms with E-state index < -0.39 is 0 Å². The lowest BCUT2D eigenvalue weighted by molar-refractivity contribution is -0.149. The van der Waals surface area contributed by atoms with Crippen molar-refractivity contribution in [1.82, 2.24) is 0 Å². The number of carbonyl (C=O) groups is 3. The van der Waals surface area contributed by atoms with E-state index in [1.807, 2.05) is 30.3 Å². The molecule has 4 aliphatic rings. The molecule has 0 unspecified atom stereocenters. The molecule has 0 bridgehead atoms. The van der Waals surface area contributed by atoms with E-state index in [4.69, 9.17) is 0 Å². The van der Waals surface area contributed by atoms with Gasteiger partial charge in [0.15, 0.2) is 5.78 Å². The number of rotatable bonds is 3. The molecule has 5 rings (SSSR count). The topological polar surface area (TPSA) is 51.2 Å². The summed E-state index contributed by atoms with van der Waals surface area (Å²) >= 11 is 0. The maximum Gasteiger partial charge on any atom is 0.166 e. The molecule has 1 aromatic carbocycles. The molecule has 8 atom stereocenters. The third-order valence-corrected chi connectivity index (χ3v) is 10.4. The van der Waals surface area contributed by atoms with Crippen LogP contribution in [-0.4, -0.2) is 17.3 Å². The molecule has 0 spiro atoms. The van der Waals surface area contributed by atoms with Crippen molar-refractivity contribution >= 4 is 17.3 Å². The highest BCUT2D eigenvalue weighted by Gasteiger charge is 2.64. The first-order valence-corrected chi connectivity index (χ1v) is 12.4. The van der Waals surface area contributed by atoms with E-state index in [9.17, 15) is 14.4 Å². The Hall–Kier alpha value is -1.77. The smallest absolute Gasteiger partial charge is 0.166 e. The highest BCUT2D eigenvalue weighted by Crippen LogP contribution is 2.68. The molecule has 0 heterocycles. The second kappa shape index (κ2) is 7.39. The normalized spacial score (nSPS) is 44.2. The molecular weight excluding hydrogens is 384 g/mol. The largest absolute Gasteiger partial charge is 0.300 e. The van der Waals surface area contributed by atoms with Crippen LogP contribution in [0.5, 0.6) is 0 Å². The van der Waals surface area contributed by atoms with E-state index in [1.54, 1.807) is 6.92 Å². The average molecular weight is 421 g/mol. The van der Waals surface area contributed by atoms with E-state index in [1.165, 1.54) is 0 Å². The number of hydrogen-bond acceptors (Lipinski definition) is 3. The number of ketones is 3. The number of carbonyl (C=O) groups excluding carboxylic acids is 3. The van der Waals surface area contributed by atoms with Gasteiger partial charge in [0, 0.05) is 30.2 Å². The van der Waals surface area contributed by atoms with Crippen LogP contribution in [0.15, 0.2) is 30.3 Å². The zero-order valence-electron chi connectivity index (χ0n) is 19.2. The van der Waals surface area contributed by atoms with Crippen molar-refractivity contribution in [2.75, 3.05) is 0 Å². The Morgan fingerprint density at radius 3 is 2.35 bits per heavy atom. The number of benzene rings is 1. The van der Waals surface area contributed by atoms with Gasteiger partial charge in [0.2, 0.25) is 0 Å². The van der Waals surface area contributed by atoms with Crippen molar-refractivity contribution in [2.24, 2.45) is 46.3 Å². The van der Waals surface area contributed by atoms with Gasteiger partial charge in [-0.1, -0.05) is 44.2 Å². The third-order valence-electron chi connectivity index (χ3n) is 10.4. The summed E-state index contributed by atoms with van der Waals surface area (Å²) < 4.78 is 0. The zero-order chi connectivity index (χ0) is 22.0. The first-order chi connectivity index (χ1) is 14.8. The Kier molecular flexibility index (Phi) is 5.03. The summed E-state index contributed by atoms with van der Waals surface area (Å²) in [7, 11) is 0. The summed E-state index contributed by atoms with van der Waals surface area (Å²) in [5, 5.41) is 0. The molecule has 0 aliphatic heterocycles. The van der Waals surface area contributed by atoms with Crippen LogP contribution in [0, 0.1) is 46.3 Å². The molecule has 166 valence electrons. The molecule has 0 saturated heterocycles. The minimum Gasteiger partial charge on any atom is -0.300 e. The number of fused-ring (bicyclic) bond motifs is 5. The summed E-state index contributed by atoms with van der Waals surface area (Å²) in [6, 6.07) is 9.77. The highest BCUT2D eigenvalue weighted by molar-refractivity contribution is 5.98. The van der Waals surface area contributed by atoms with Gasteiger partial charge in [-0.2, -0.15) is 0 Å². The van der Waals surface area contributed by atoms with Gasteiger partial charge >= 0.3 is 0 Å². The minimum absolute atomic E-state index is 0.0216. The second-order valence-electron chi connectivity index (χ2n) is 11.6. The highest BCUT2D eigenvalue weighted by atomic mass is 16.1. The van der Waals surface area contributed by atoms with Crippen LogP contribution in [0.3, 0.4) is 0 Å². The van der Waals surface area contributed by atoms with Gasteiger partial charge in [0.25, 0.3) is 0 Å². The van der Waals surface area contributed by atoms with Gasteiger partial charge < -0.3 is 0 Å². The molecule has 3 heteroatoms. The molecule has 4 saturated carbocycles. The minimum atomic E-state index is -0.0216. The Bertz CT molecular complexity index is 904. The van der Waals surface area contributed by atoms with Crippen molar-refractivity contribution in [3.8, 4) is 0 Å². The fourth-order valence-corrected chi connectivity index (χ4v) is 8.82. The maximum atomic E-state index is 13.9. The van der Waals surface area contributed by atoms with Crippen molar-refractivity contribution in [3.63, 3.8) is 0 Å². The van der Waals surface area contributed by atoms with Gasteiger partial charge in [-0.3, -0.25) is 14.4 Å². The van der Waals surface area contributed by atoms with Crippen molar-refractivity contribution in [2.45, 2.75) is 72.1 Å². The fraction of sp³-hybridized carbons (Fsp3) is 0.679. The van der Waals surface area contributed by atoms with Gasteiger partial charge in [-0.15, -0.1) is 0 Å². The van der Waals surface area contributed by atoms with E-state index in [-0.39, 0.29) is 28.4 Å². The SMILES string of the molecule is CC(=O)[C@H]1CC[C@H]2[C@@H]3[C@H](C(=O)c4ccccc4)C[C@@H]4CC(=O)CC[C@]4(C)[C@H]3CC[C@]12C. The van der Waals surface area contributed by atoms with Crippen LogP contribution in [0.25, 0.3) is 0 Å². The Balaban J connectivity index is 1.57. The number of Topliss-reactive ketones (excluding diaryl/α,β-unsaturated/α-hetero) is 3. The lowest BCUT2D eigenvalue weighted by Crippen LogP contribution is -2.58. The van der Waals surface area contributed by atoms with E-state index in [0.29, 0.717) is 48.1 Å². The summed E-state index contributed by atoms with van der Waals surface area (Å²) in [5.41, 5.74) is 0.989.